The molecule has 0 aliphatic heterocycles. The first kappa shape index (κ1) is 14.7. The summed E-state index contributed by atoms with van der Waals surface area (Å²) >= 11 is 12.5. The van der Waals surface area contributed by atoms with Gasteiger partial charge in [-0.05, 0) is 31.5 Å². The first-order valence-corrected chi connectivity index (χ1v) is 7.53. The van der Waals surface area contributed by atoms with E-state index in [2.05, 4.69) is 19.2 Å². The van der Waals surface area contributed by atoms with Crippen LogP contribution in [0.15, 0.2) is 16.5 Å². The Balaban J connectivity index is 2.47. The molecule has 0 aliphatic rings. The van der Waals surface area contributed by atoms with Crippen LogP contribution < -0.4 is 5.32 Å². The third-order valence-corrected chi connectivity index (χ3v) is 3.75. The van der Waals surface area contributed by atoms with Crippen molar-refractivity contribution in [2.24, 2.45) is 0 Å². The standard InChI is InChI=1S/C15H19Cl2NO/c1-3-5-10-13(9-18-8-4-2)19-15-12(17)7-6-11(16)14(10)15/h6-7,18H,3-5,8-9H2,1-2H3. The minimum absolute atomic E-state index is 0.624. The van der Waals surface area contributed by atoms with Crippen LogP contribution in [-0.4, -0.2) is 6.54 Å². The van der Waals surface area contributed by atoms with Crippen molar-refractivity contribution in [1.29, 1.82) is 0 Å². The number of aryl methyl sites for hydroxylation is 1. The number of halogens is 2. The van der Waals surface area contributed by atoms with Crippen molar-refractivity contribution in [3.05, 3.63) is 33.5 Å². The molecule has 0 fully saturated rings. The molecule has 1 heterocycles. The number of hydrogen-bond donors (Lipinski definition) is 1. The first-order chi connectivity index (χ1) is 9.19. The topological polar surface area (TPSA) is 25.2 Å². The lowest BCUT2D eigenvalue weighted by atomic mass is 10.1. The summed E-state index contributed by atoms with van der Waals surface area (Å²) in [4.78, 5) is 0. The van der Waals surface area contributed by atoms with Gasteiger partial charge in [0.25, 0.3) is 0 Å². The average Bonchev–Trinajstić information content (AvgIpc) is 2.75. The van der Waals surface area contributed by atoms with Crippen LogP contribution in [0.5, 0.6) is 0 Å². The molecular formula is C15H19Cl2NO. The number of hydrogen-bond acceptors (Lipinski definition) is 2. The number of benzene rings is 1. The molecule has 0 unspecified atom stereocenters. The zero-order chi connectivity index (χ0) is 13.8. The second-order valence-corrected chi connectivity index (χ2v) is 5.48. The number of furan rings is 1. The molecule has 0 amide bonds. The Hall–Kier alpha value is -0.700. The maximum absolute atomic E-state index is 6.31. The van der Waals surface area contributed by atoms with Gasteiger partial charge in [0, 0.05) is 10.9 Å². The Morgan fingerprint density at radius 3 is 2.53 bits per heavy atom. The van der Waals surface area contributed by atoms with Crippen molar-refractivity contribution in [2.45, 2.75) is 39.7 Å². The summed E-state index contributed by atoms with van der Waals surface area (Å²) in [5.74, 6) is 0.959. The van der Waals surface area contributed by atoms with E-state index < -0.39 is 0 Å². The van der Waals surface area contributed by atoms with Crippen LogP contribution in [0, 0.1) is 0 Å². The maximum Gasteiger partial charge on any atom is 0.154 e. The molecule has 2 rings (SSSR count). The Morgan fingerprint density at radius 1 is 1.11 bits per heavy atom. The van der Waals surface area contributed by atoms with Gasteiger partial charge in [0.05, 0.1) is 16.6 Å². The van der Waals surface area contributed by atoms with Gasteiger partial charge in [-0.25, -0.2) is 0 Å². The third-order valence-electron chi connectivity index (χ3n) is 3.13. The van der Waals surface area contributed by atoms with Crippen molar-refractivity contribution >= 4 is 34.2 Å². The van der Waals surface area contributed by atoms with Crippen LogP contribution in [0.4, 0.5) is 0 Å². The minimum atomic E-state index is 0.624. The van der Waals surface area contributed by atoms with Crippen molar-refractivity contribution < 1.29 is 4.42 Å². The van der Waals surface area contributed by atoms with Crippen LogP contribution in [0.1, 0.15) is 38.0 Å². The van der Waals surface area contributed by atoms with E-state index in [1.165, 1.54) is 5.56 Å². The highest BCUT2D eigenvalue weighted by Gasteiger charge is 2.17. The highest BCUT2D eigenvalue weighted by molar-refractivity contribution is 6.40. The lowest BCUT2D eigenvalue weighted by Gasteiger charge is -2.03. The predicted octanol–water partition coefficient (Wildman–Crippen LogP) is 5.19. The van der Waals surface area contributed by atoms with Gasteiger partial charge in [-0.3, -0.25) is 0 Å². The minimum Gasteiger partial charge on any atom is -0.458 e. The summed E-state index contributed by atoms with van der Waals surface area (Å²) in [6.45, 7) is 6.00. The van der Waals surface area contributed by atoms with E-state index in [0.717, 1.165) is 43.5 Å². The van der Waals surface area contributed by atoms with Crippen LogP contribution in [0.25, 0.3) is 11.0 Å². The molecule has 0 spiro atoms. The van der Waals surface area contributed by atoms with E-state index >= 15 is 0 Å². The van der Waals surface area contributed by atoms with Gasteiger partial charge in [0.1, 0.15) is 5.76 Å². The van der Waals surface area contributed by atoms with E-state index in [1.54, 1.807) is 6.07 Å². The highest BCUT2D eigenvalue weighted by atomic mass is 35.5. The van der Waals surface area contributed by atoms with Crippen molar-refractivity contribution in [3.8, 4) is 0 Å². The van der Waals surface area contributed by atoms with Gasteiger partial charge < -0.3 is 9.73 Å². The van der Waals surface area contributed by atoms with Gasteiger partial charge in [-0.2, -0.15) is 0 Å². The zero-order valence-electron chi connectivity index (χ0n) is 11.4. The van der Waals surface area contributed by atoms with E-state index in [9.17, 15) is 0 Å². The summed E-state index contributed by atoms with van der Waals surface area (Å²) in [7, 11) is 0. The molecule has 104 valence electrons. The Kier molecular flexibility index (Phi) is 5.14. The van der Waals surface area contributed by atoms with Crippen LogP contribution in [0.2, 0.25) is 10.0 Å². The number of fused-ring (bicyclic) bond motifs is 1. The fourth-order valence-electron chi connectivity index (χ4n) is 2.27. The van der Waals surface area contributed by atoms with E-state index in [4.69, 9.17) is 27.6 Å². The van der Waals surface area contributed by atoms with Gasteiger partial charge in [0.15, 0.2) is 5.58 Å². The molecule has 1 aromatic heterocycles. The molecule has 0 aliphatic carbocycles. The van der Waals surface area contributed by atoms with Gasteiger partial charge in [-0.1, -0.05) is 43.5 Å². The molecular weight excluding hydrogens is 281 g/mol. The highest BCUT2D eigenvalue weighted by Crippen LogP contribution is 2.37. The van der Waals surface area contributed by atoms with Gasteiger partial charge >= 0.3 is 0 Å². The monoisotopic (exact) mass is 299 g/mol. The normalized spacial score (nSPS) is 11.4. The Bertz CT molecular complexity index is 563. The second-order valence-electron chi connectivity index (χ2n) is 4.66. The fraction of sp³-hybridized carbons (Fsp3) is 0.467. The van der Waals surface area contributed by atoms with Crippen LogP contribution in [-0.2, 0) is 13.0 Å². The van der Waals surface area contributed by atoms with Crippen molar-refractivity contribution in [1.82, 2.24) is 5.32 Å². The molecule has 2 nitrogen and oxygen atoms in total. The Labute approximate surface area is 124 Å². The molecule has 1 N–H and O–H groups in total. The van der Waals surface area contributed by atoms with Crippen LogP contribution >= 0.6 is 23.2 Å². The van der Waals surface area contributed by atoms with Crippen molar-refractivity contribution in [3.63, 3.8) is 0 Å². The van der Waals surface area contributed by atoms with E-state index in [-0.39, 0.29) is 0 Å². The number of rotatable bonds is 6. The molecule has 0 saturated heterocycles. The third kappa shape index (κ3) is 3.07. The molecule has 0 radical (unpaired) electrons. The summed E-state index contributed by atoms with van der Waals surface area (Å²) in [6, 6.07) is 3.62. The van der Waals surface area contributed by atoms with E-state index in [0.29, 0.717) is 15.6 Å². The van der Waals surface area contributed by atoms with E-state index in [1.807, 2.05) is 6.07 Å². The summed E-state index contributed by atoms with van der Waals surface area (Å²) < 4.78 is 5.93. The quantitative estimate of drug-likeness (QED) is 0.742. The lowest BCUT2D eigenvalue weighted by Crippen LogP contribution is -2.14. The zero-order valence-corrected chi connectivity index (χ0v) is 12.9. The lowest BCUT2D eigenvalue weighted by molar-refractivity contribution is 0.507. The molecule has 2 aromatic rings. The molecule has 0 saturated carbocycles. The SMILES string of the molecule is CCCNCc1oc2c(Cl)ccc(Cl)c2c1CCC. The van der Waals surface area contributed by atoms with Gasteiger partial charge in [0.2, 0.25) is 0 Å². The Morgan fingerprint density at radius 2 is 1.84 bits per heavy atom. The first-order valence-electron chi connectivity index (χ1n) is 6.78. The molecule has 4 heteroatoms. The molecule has 0 bridgehead atoms. The van der Waals surface area contributed by atoms with Crippen molar-refractivity contribution in [2.75, 3.05) is 6.54 Å². The molecule has 1 aromatic carbocycles. The fourth-order valence-corrected chi connectivity index (χ4v) is 2.73. The van der Waals surface area contributed by atoms with Crippen LogP contribution in [0.3, 0.4) is 0 Å². The summed E-state index contributed by atoms with van der Waals surface area (Å²) in [5, 5.41) is 5.69. The summed E-state index contributed by atoms with van der Waals surface area (Å²) in [6.07, 6.45) is 3.11. The predicted molar refractivity (Wildman–Crippen MR) is 82.2 cm³/mol. The smallest absolute Gasteiger partial charge is 0.154 e. The largest absolute Gasteiger partial charge is 0.458 e. The number of nitrogens with one attached hydrogen (secondary N) is 1. The molecule has 19 heavy (non-hydrogen) atoms. The average molecular weight is 300 g/mol. The summed E-state index contributed by atoms with van der Waals surface area (Å²) in [5.41, 5.74) is 1.90. The molecule has 0 atom stereocenters. The van der Waals surface area contributed by atoms with Gasteiger partial charge in [-0.15, -0.1) is 0 Å². The maximum atomic E-state index is 6.31. The second kappa shape index (κ2) is 6.65.